The monoisotopic (exact) mass is 245 g/mol. The van der Waals surface area contributed by atoms with Crippen LogP contribution in [0.15, 0.2) is 42.5 Å². The predicted octanol–water partition coefficient (Wildman–Crippen LogP) is 2.05. The van der Waals surface area contributed by atoms with Crippen LogP contribution in [0, 0.1) is 0 Å². The van der Waals surface area contributed by atoms with Gasteiger partial charge in [-0.3, -0.25) is 0 Å². The summed E-state index contributed by atoms with van der Waals surface area (Å²) >= 11 is 3.14. The van der Waals surface area contributed by atoms with Gasteiger partial charge in [0.25, 0.3) is 0 Å². The zero-order valence-corrected chi connectivity index (χ0v) is 9.37. The van der Waals surface area contributed by atoms with Gasteiger partial charge in [-0.1, -0.05) is 0 Å². The standard InChI is InChI=1S/C13H9Se/c14-13-7-3-6-11-10-5-2-1-4-9(10)8-12(11)13/h1-7H,8H2. The van der Waals surface area contributed by atoms with Crippen LogP contribution in [-0.2, 0) is 6.42 Å². The van der Waals surface area contributed by atoms with Gasteiger partial charge < -0.3 is 0 Å². The Morgan fingerprint density at radius 1 is 0.857 bits per heavy atom. The maximum absolute atomic E-state index is 3.14. The van der Waals surface area contributed by atoms with Gasteiger partial charge in [-0.25, -0.2) is 0 Å². The van der Waals surface area contributed by atoms with Crippen LogP contribution in [0.25, 0.3) is 11.1 Å². The minimum atomic E-state index is 1.08. The summed E-state index contributed by atoms with van der Waals surface area (Å²) in [7, 11) is 0. The van der Waals surface area contributed by atoms with Gasteiger partial charge in [0, 0.05) is 0 Å². The second kappa shape index (κ2) is 2.98. The summed E-state index contributed by atoms with van der Waals surface area (Å²) in [5.41, 5.74) is 5.70. The molecule has 0 bridgehead atoms. The number of hydrogen-bond acceptors (Lipinski definition) is 0. The maximum atomic E-state index is 3.14. The molecule has 0 aromatic heterocycles. The van der Waals surface area contributed by atoms with Crippen LogP contribution in [-0.4, -0.2) is 16.0 Å². The van der Waals surface area contributed by atoms with E-state index < -0.39 is 0 Å². The molecule has 0 amide bonds. The van der Waals surface area contributed by atoms with Gasteiger partial charge in [0.1, 0.15) is 0 Å². The van der Waals surface area contributed by atoms with E-state index in [-0.39, 0.29) is 0 Å². The van der Waals surface area contributed by atoms with Crippen molar-refractivity contribution in [1.82, 2.24) is 0 Å². The third-order valence-corrected chi connectivity index (χ3v) is 3.61. The van der Waals surface area contributed by atoms with Crippen molar-refractivity contribution in [2.24, 2.45) is 0 Å². The Morgan fingerprint density at radius 3 is 2.57 bits per heavy atom. The van der Waals surface area contributed by atoms with Gasteiger partial charge in [-0.05, 0) is 0 Å². The molecule has 1 heteroatoms. The molecule has 0 saturated heterocycles. The molecule has 1 radical (unpaired) electrons. The number of rotatable bonds is 0. The molecule has 14 heavy (non-hydrogen) atoms. The van der Waals surface area contributed by atoms with Gasteiger partial charge in [0.05, 0.1) is 0 Å². The van der Waals surface area contributed by atoms with E-state index in [1.165, 1.54) is 26.7 Å². The minimum absolute atomic E-state index is 1.08. The molecule has 0 N–H and O–H groups in total. The molecule has 0 atom stereocenters. The first-order valence-corrected chi connectivity index (χ1v) is 5.59. The van der Waals surface area contributed by atoms with E-state index in [2.05, 4.69) is 58.5 Å². The van der Waals surface area contributed by atoms with Crippen molar-refractivity contribution in [3.05, 3.63) is 53.6 Å². The van der Waals surface area contributed by atoms with Gasteiger partial charge >= 0.3 is 91.6 Å². The van der Waals surface area contributed by atoms with Crippen LogP contribution in [0.3, 0.4) is 0 Å². The Balaban J connectivity index is 2.33. The Bertz CT molecular complexity index is 500. The Kier molecular flexibility index (Phi) is 1.76. The molecular weight excluding hydrogens is 235 g/mol. The van der Waals surface area contributed by atoms with Gasteiger partial charge in [-0.2, -0.15) is 0 Å². The van der Waals surface area contributed by atoms with Crippen molar-refractivity contribution in [3.8, 4) is 11.1 Å². The molecule has 0 fully saturated rings. The van der Waals surface area contributed by atoms with Gasteiger partial charge in [0.15, 0.2) is 0 Å². The second-order valence-corrected chi connectivity index (χ2v) is 4.54. The van der Waals surface area contributed by atoms with E-state index in [4.69, 9.17) is 0 Å². The molecule has 67 valence electrons. The van der Waals surface area contributed by atoms with Crippen molar-refractivity contribution in [2.75, 3.05) is 0 Å². The number of fused-ring (bicyclic) bond motifs is 3. The van der Waals surface area contributed by atoms with E-state index in [1.54, 1.807) is 0 Å². The molecule has 0 unspecified atom stereocenters. The molecule has 1 aliphatic carbocycles. The fourth-order valence-corrected chi connectivity index (χ4v) is 2.67. The topological polar surface area (TPSA) is 0 Å². The van der Waals surface area contributed by atoms with Gasteiger partial charge in [-0.15, -0.1) is 0 Å². The summed E-state index contributed by atoms with van der Waals surface area (Å²) in [6.07, 6.45) is 1.08. The Morgan fingerprint density at radius 2 is 1.64 bits per heavy atom. The third kappa shape index (κ3) is 1.06. The molecule has 0 nitrogen and oxygen atoms in total. The summed E-state index contributed by atoms with van der Waals surface area (Å²) in [4.78, 5) is 0. The summed E-state index contributed by atoms with van der Waals surface area (Å²) < 4.78 is 1.29. The van der Waals surface area contributed by atoms with Gasteiger partial charge in [0.2, 0.25) is 0 Å². The van der Waals surface area contributed by atoms with E-state index in [0.29, 0.717) is 0 Å². The fourth-order valence-electron chi connectivity index (χ4n) is 2.13. The summed E-state index contributed by atoms with van der Waals surface area (Å²) in [5.74, 6) is 0. The van der Waals surface area contributed by atoms with Crippen LogP contribution in [0.2, 0.25) is 0 Å². The second-order valence-electron chi connectivity index (χ2n) is 3.62. The molecule has 0 aliphatic heterocycles. The average Bonchev–Trinajstić information content (AvgIpc) is 2.59. The van der Waals surface area contributed by atoms with Crippen LogP contribution in [0.5, 0.6) is 0 Å². The molecule has 1 aliphatic rings. The van der Waals surface area contributed by atoms with Crippen molar-refractivity contribution < 1.29 is 0 Å². The molecular formula is C13H9Se. The predicted molar refractivity (Wildman–Crippen MR) is 60.1 cm³/mol. The normalized spacial score (nSPS) is 12.3. The molecule has 0 saturated carbocycles. The van der Waals surface area contributed by atoms with E-state index in [0.717, 1.165) is 6.42 Å². The first-order chi connectivity index (χ1) is 6.86. The third-order valence-electron chi connectivity index (χ3n) is 2.81. The van der Waals surface area contributed by atoms with Crippen LogP contribution in [0.4, 0.5) is 0 Å². The molecule has 3 rings (SSSR count). The van der Waals surface area contributed by atoms with Crippen molar-refractivity contribution in [1.29, 1.82) is 0 Å². The van der Waals surface area contributed by atoms with E-state index in [1.807, 2.05) is 0 Å². The Labute approximate surface area is 91.8 Å². The molecule has 2 aromatic rings. The zero-order chi connectivity index (χ0) is 9.54. The SMILES string of the molecule is [Se]c1cccc2c1Cc1ccccc1-2. The van der Waals surface area contributed by atoms with Crippen LogP contribution < -0.4 is 4.46 Å². The molecule has 2 aromatic carbocycles. The van der Waals surface area contributed by atoms with Crippen molar-refractivity contribution in [2.45, 2.75) is 6.42 Å². The molecule has 0 heterocycles. The molecule has 0 spiro atoms. The summed E-state index contributed by atoms with van der Waals surface area (Å²) in [6.45, 7) is 0. The fraction of sp³-hybridized carbons (Fsp3) is 0.0769. The van der Waals surface area contributed by atoms with Crippen LogP contribution in [0.1, 0.15) is 11.1 Å². The van der Waals surface area contributed by atoms with Crippen molar-refractivity contribution >= 4 is 20.5 Å². The van der Waals surface area contributed by atoms with Crippen LogP contribution >= 0.6 is 0 Å². The first kappa shape index (κ1) is 8.28. The van der Waals surface area contributed by atoms with E-state index in [9.17, 15) is 0 Å². The Hall–Kier alpha value is -1.04. The zero-order valence-electron chi connectivity index (χ0n) is 7.66. The first-order valence-electron chi connectivity index (χ1n) is 4.73. The quantitative estimate of drug-likeness (QED) is 0.531. The van der Waals surface area contributed by atoms with E-state index >= 15 is 0 Å². The summed E-state index contributed by atoms with van der Waals surface area (Å²) in [6, 6.07) is 15.1. The summed E-state index contributed by atoms with van der Waals surface area (Å²) in [5, 5.41) is 0. The number of hydrogen-bond donors (Lipinski definition) is 0. The van der Waals surface area contributed by atoms with Crippen molar-refractivity contribution in [3.63, 3.8) is 0 Å². The average molecular weight is 244 g/mol. The number of benzene rings is 2.